The van der Waals surface area contributed by atoms with Crippen molar-refractivity contribution in [3.05, 3.63) is 29.5 Å². The molecule has 1 unspecified atom stereocenters. The second-order valence-electron chi connectivity index (χ2n) is 6.83. The van der Waals surface area contributed by atoms with Gasteiger partial charge in [-0.3, -0.25) is 0 Å². The number of halogens is 1. The van der Waals surface area contributed by atoms with Crippen LogP contribution in [-0.2, 0) is 14.8 Å². The molecule has 3 rings (SSSR count). The van der Waals surface area contributed by atoms with E-state index in [0.717, 1.165) is 32.4 Å². The number of benzene rings is 1. The van der Waals surface area contributed by atoms with Crippen LogP contribution >= 0.6 is 12.4 Å². The highest BCUT2D eigenvalue weighted by molar-refractivity contribution is 7.89. The van der Waals surface area contributed by atoms with Gasteiger partial charge in [0.25, 0.3) is 0 Å². The molecule has 0 aliphatic carbocycles. The molecular formula is C19H27ClN2O5S. The van der Waals surface area contributed by atoms with Gasteiger partial charge in [-0.2, -0.15) is 0 Å². The number of esters is 1. The summed E-state index contributed by atoms with van der Waals surface area (Å²) in [4.78, 5) is 12.1. The molecule has 0 spiro atoms. The van der Waals surface area contributed by atoms with Crippen molar-refractivity contribution in [2.75, 3.05) is 26.2 Å². The number of aryl methyl sites for hydroxylation is 1. The molecule has 28 heavy (non-hydrogen) atoms. The summed E-state index contributed by atoms with van der Waals surface area (Å²) in [5.74, 6) is 0.0705. The molecule has 1 aromatic heterocycles. The molecule has 0 amide bonds. The van der Waals surface area contributed by atoms with Crippen LogP contribution in [0.25, 0.3) is 11.0 Å². The molecule has 1 fully saturated rings. The molecule has 156 valence electrons. The Morgan fingerprint density at radius 3 is 2.86 bits per heavy atom. The van der Waals surface area contributed by atoms with Gasteiger partial charge in [0.1, 0.15) is 5.58 Å². The molecule has 1 atom stereocenters. The van der Waals surface area contributed by atoms with E-state index < -0.39 is 16.0 Å². The number of carbonyl (C=O) groups is 1. The summed E-state index contributed by atoms with van der Waals surface area (Å²) < 4.78 is 38.4. The third-order valence-corrected chi connectivity index (χ3v) is 6.38. The van der Waals surface area contributed by atoms with Gasteiger partial charge in [-0.05, 0) is 70.3 Å². The van der Waals surface area contributed by atoms with Gasteiger partial charge in [0.05, 0.1) is 11.5 Å². The molecule has 2 aromatic rings. The summed E-state index contributed by atoms with van der Waals surface area (Å²) in [5.41, 5.74) is 1.04. The van der Waals surface area contributed by atoms with Crippen molar-refractivity contribution in [2.45, 2.75) is 38.0 Å². The first-order chi connectivity index (χ1) is 12.9. The Kier molecular flexibility index (Phi) is 7.88. The summed E-state index contributed by atoms with van der Waals surface area (Å²) >= 11 is 0. The molecule has 7 nitrogen and oxygen atoms in total. The second-order valence-corrected chi connectivity index (χ2v) is 8.60. The van der Waals surface area contributed by atoms with Crippen LogP contribution in [-0.4, -0.2) is 40.6 Å². The van der Waals surface area contributed by atoms with E-state index in [1.807, 2.05) is 0 Å². The normalized spacial score (nSPS) is 17.3. The number of carbonyl (C=O) groups excluding carboxylic acids is 1. The largest absolute Gasteiger partial charge is 0.460 e. The van der Waals surface area contributed by atoms with Gasteiger partial charge >= 0.3 is 5.97 Å². The maximum absolute atomic E-state index is 12.6. The predicted molar refractivity (Wildman–Crippen MR) is 110 cm³/mol. The molecule has 0 radical (unpaired) electrons. The quantitative estimate of drug-likeness (QED) is 0.655. The van der Waals surface area contributed by atoms with E-state index in [2.05, 4.69) is 10.0 Å². The smallest absolute Gasteiger partial charge is 0.374 e. The van der Waals surface area contributed by atoms with Gasteiger partial charge < -0.3 is 14.5 Å². The highest BCUT2D eigenvalue weighted by Crippen LogP contribution is 2.28. The minimum Gasteiger partial charge on any atom is -0.460 e. The highest BCUT2D eigenvalue weighted by Gasteiger charge is 2.22. The van der Waals surface area contributed by atoms with Gasteiger partial charge in [-0.25, -0.2) is 17.9 Å². The summed E-state index contributed by atoms with van der Waals surface area (Å²) in [6, 6.07) is 4.61. The predicted octanol–water partition coefficient (Wildman–Crippen LogP) is 3.01. The standard InChI is InChI=1S/C19H26N2O5S.ClH/c1-3-25-19(22)18-13(2)16-11-15(6-7-17(16)26-18)27(23,24)21-10-8-14-5-4-9-20-12-14;/h6-7,11,14,20-21H,3-5,8-10,12H2,1-2H3;1H. The summed E-state index contributed by atoms with van der Waals surface area (Å²) in [6.07, 6.45) is 3.08. The van der Waals surface area contributed by atoms with Crippen LogP contribution in [0.3, 0.4) is 0 Å². The second kappa shape index (κ2) is 9.73. The Balaban J connectivity index is 0.00000280. The third kappa shape index (κ3) is 5.05. The van der Waals surface area contributed by atoms with Crippen LogP contribution in [0.1, 0.15) is 42.3 Å². The molecular weight excluding hydrogens is 404 g/mol. The van der Waals surface area contributed by atoms with Gasteiger partial charge in [-0.15, -0.1) is 12.4 Å². The van der Waals surface area contributed by atoms with Crippen LogP contribution in [0.15, 0.2) is 27.5 Å². The maximum Gasteiger partial charge on any atom is 0.374 e. The number of nitrogens with one attached hydrogen (secondary N) is 2. The van der Waals surface area contributed by atoms with Gasteiger partial charge in [0.2, 0.25) is 15.8 Å². The molecule has 0 bridgehead atoms. The average molecular weight is 431 g/mol. The zero-order chi connectivity index (χ0) is 19.4. The fraction of sp³-hybridized carbons (Fsp3) is 0.526. The van der Waals surface area contributed by atoms with E-state index >= 15 is 0 Å². The molecule has 1 aliphatic rings. The van der Waals surface area contributed by atoms with Gasteiger partial charge in [0.15, 0.2) is 0 Å². The van der Waals surface area contributed by atoms with Gasteiger partial charge in [0, 0.05) is 17.5 Å². The number of rotatable bonds is 7. The maximum atomic E-state index is 12.6. The van der Waals surface area contributed by atoms with Crippen molar-refractivity contribution in [1.82, 2.24) is 10.0 Å². The summed E-state index contributed by atoms with van der Waals surface area (Å²) in [7, 11) is -3.62. The fourth-order valence-electron chi connectivity index (χ4n) is 3.41. The van der Waals surface area contributed by atoms with Crippen LogP contribution in [0.2, 0.25) is 0 Å². The molecule has 1 aliphatic heterocycles. The summed E-state index contributed by atoms with van der Waals surface area (Å²) in [5, 5.41) is 3.93. The number of fused-ring (bicyclic) bond motifs is 1. The number of hydrogen-bond acceptors (Lipinski definition) is 6. The Morgan fingerprint density at radius 2 is 2.18 bits per heavy atom. The molecule has 1 saturated heterocycles. The van der Waals surface area contributed by atoms with Crippen molar-refractivity contribution in [1.29, 1.82) is 0 Å². The van der Waals surface area contributed by atoms with Crippen LogP contribution in [0, 0.1) is 12.8 Å². The Labute approximate surface area is 171 Å². The molecule has 1 aromatic carbocycles. The van der Waals surface area contributed by atoms with E-state index in [1.165, 1.54) is 6.07 Å². The van der Waals surface area contributed by atoms with E-state index in [-0.39, 0.29) is 29.7 Å². The van der Waals surface area contributed by atoms with E-state index in [1.54, 1.807) is 26.0 Å². The van der Waals surface area contributed by atoms with Crippen LogP contribution in [0.4, 0.5) is 0 Å². The Bertz CT molecular complexity index is 920. The van der Waals surface area contributed by atoms with E-state index in [4.69, 9.17) is 9.15 Å². The Morgan fingerprint density at radius 1 is 1.39 bits per heavy atom. The summed E-state index contributed by atoms with van der Waals surface area (Å²) in [6.45, 7) is 6.08. The minimum absolute atomic E-state index is 0. The topological polar surface area (TPSA) is 97.6 Å². The Hall–Kier alpha value is -1.61. The molecule has 2 heterocycles. The zero-order valence-electron chi connectivity index (χ0n) is 16.1. The lowest BCUT2D eigenvalue weighted by molar-refractivity contribution is 0.0491. The van der Waals surface area contributed by atoms with Crippen molar-refractivity contribution in [3.8, 4) is 0 Å². The third-order valence-electron chi connectivity index (χ3n) is 4.92. The molecule has 9 heteroatoms. The monoisotopic (exact) mass is 430 g/mol. The van der Waals surface area contributed by atoms with Crippen LogP contribution in [0.5, 0.6) is 0 Å². The highest BCUT2D eigenvalue weighted by atomic mass is 35.5. The number of piperidine rings is 1. The lowest BCUT2D eigenvalue weighted by atomic mass is 9.96. The number of ether oxygens (including phenoxy) is 1. The van der Waals surface area contributed by atoms with E-state index in [9.17, 15) is 13.2 Å². The fourth-order valence-corrected chi connectivity index (χ4v) is 4.48. The molecule has 2 N–H and O–H groups in total. The van der Waals surface area contributed by atoms with Crippen molar-refractivity contribution in [3.63, 3.8) is 0 Å². The average Bonchev–Trinajstić information content (AvgIpc) is 2.99. The van der Waals surface area contributed by atoms with Crippen molar-refractivity contribution >= 4 is 39.4 Å². The lowest BCUT2D eigenvalue weighted by Gasteiger charge is -2.22. The van der Waals surface area contributed by atoms with Crippen molar-refractivity contribution in [2.24, 2.45) is 5.92 Å². The number of sulfonamides is 1. The first-order valence-corrected chi connectivity index (χ1v) is 10.8. The first kappa shape index (κ1) is 22.7. The minimum atomic E-state index is -3.62. The lowest BCUT2D eigenvalue weighted by Crippen LogP contribution is -2.33. The van der Waals surface area contributed by atoms with E-state index in [0.29, 0.717) is 29.0 Å². The van der Waals surface area contributed by atoms with Gasteiger partial charge in [-0.1, -0.05) is 0 Å². The number of furan rings is 1. The zero-order valence-corrected chi connectivity index (χ0v) is 17.7. The van der Waals surface area contributed by atoms with Crippen LogP contribution < -0.4 is 10.0 Å². The molecule has 0 saturated carbocycles. The van der Waals surface area contributed by atoms with Crippen molar-refractivity contribution < 1.29 is 22.4 Å². The first-order valence-electron chi connectivity index (χ1n) is 9.33. The number of hydrogen-bond donors (Lipinski definition) is 2. The SMILES string of the molecule is CCOC(=O)c1oc2ccc(S(=O)(=O)NCCC3CCCNC3)cc2c1C.Cl.